The number of benzene rings is 2. The number of nitrogens with one attached hydrogen (secondary N) is 2. The van der Waals surface area contributed by atoms with Crippen molar-refractivity contribution in [3.05, 3.63) is 81.6 Å². The van der Waals surface area contributed by atoms with Gasteiger partial charge in [-0.2, -0.15) is 0 Å². The van der Waals surface area contributed by atoms with E-state index in [1.54, 1.807) is 0 Å². The molecule has 0 bridgehead atoms. The molecule has 4 heteroatoms. The quantitative estimate of drug-likeness (QED) is 0.759. The van der Waals surface area contributed by atoms with Crippen LogP contribution in [0.3, 0.4) is 0 Å². The molecular formula is C20H20N2O2. The van der Waals surface area contributed by atoms with Gasteiger partial charge in [0.05, 0.1) is 0 Å². The fourth-order valence-corrected chi connectivity index (χ4v) is 2.62. The summed E-state index contributed by atoms with van der Waals surface area (Å²) >= 11 is 0. The average molecular weight is 320 g/mol. The maximum absolute atomic E-state index is 12.1. The van der Waals surface area contributed by atoms with Gasteiger partial charge in [-0.15, -0.1) is 0 Å². The van der Waals surface area contributed by atoms with Gasteiger partial charge < -0.3 is 10.3 Å². The van der Waals surface area contributed by atoms with Crippen molar-refractivity contribution < 1.29 is 4.79 Å². The number of carbonyl (C=O) groups excluding carboxylic acids is 1. The lowest BCUT2D eigenvalue weighted by Gasteiger charge is -2.06. The number of carbonyl (C=O) groups is 1. The zero-order valence-corrected chi connectivity index (χ0v) is 13.6. The summed E-state index contributed by atoms with van der Waals surface area (Å²) in [5, 5.41) is 3.79. The third-order valence-corrected chi connectivity index (χ3v) is 4.07. The number of hydrogen-bond donors (Lipinski definition) is 2. The number of aromatic amines is 1. The zero-order valence-electron chi connectivity index (χ0n) is 13.6. The van der Waals surface area contributed by atoms with E-state index in [1.807, 2.05) is 61.5 Å². The summed E-state index contributed by atoms with van der Waals surface area (Å²) in [6.45, 7) is 2.28. The standard InChI is InChI=1S/C20H20N2O2/c1-14-6-8-15(9-7-14)10-11-19(23)21-13-17-12-16-4-2-3-5-18(16)22-20(17)24/h2-9,12H,10-11,13H2,1H3,(H,21,23)(H,22,24). The van der Waals surface area contributed by atoms with E-state index >= 15 is 0 Å². The molecule has 122 valence electrons. The van der Waals surface area contributed by atoms with Gasteiger partial charge in [-0.3, -0.25) is 9.59 Å². The number of para-hydroxylation sites is 1. The zero-order chi connectivity index (χ0) is 16.9. The number of amides is 1. The molecule has 3 aromatic rings. The van der Waals surface area contributed by atoms with Crippen LogP contribution in [0.4, 0.5) is 0 Å². The predicted molar refractivity (Wildman–Crippen MR) is 95.9 cm³/mol. The summed E-state index contributed by atoms with van der Waals surface area (Å²) in [7, 11) is 0. The highest BCUT2D eigenvalue weighted by Gasteiger charge is 2.06. The molecule has 1 amide bonds. The number of rotatable bonds is 5. The van der Waals surface area contributed by atoms with Crippen molar-refractivity contribution in [3.63, 3.8) is 0 Å². The lowest BCUT2D eigenvalue weighted by molar-refractivity contribution is -0.121. The first kappa shape index (κ1) is 16.0. The third kappa shape index (κ3) is 3.90. The molecule has 0 aliphatic heterocycles. The highest BCUT2D eigenvalue weighted by Crippen LogP contribution is 2.10. The van der Waals surface area contributed by atoms with Crippen LogP contribution >= 0.6 is 0 Å². The Morgan fingerprint density at radius 3 is 2.62 bits per heavy atom. The van der Waals surface area contributed by atoms with E-state index in [4.69, 9.17) is 0 Å². The first-order chi connectivity index (χ1) is 11.6. The van der Waals surface area contributed by atoms with Crippen LogP contribution in [0.5, 0.6) is 0 Å². The summed E-state index contributed by atoms with van der Waals surface area (Å²) in [4.78, 5) is 26.9. The Balaban J connectivity index is 1.59. The molecule has 0 aliphatic carbocycles. The Morgan fingerprint density at radius 2 is 1.83 bits per heavy atom. The molecule has 3 rings (SSSR count). The van der Waals surface area contributed by atoms with E-state index in [1.165, 1.54) is 5.56 Å². The molecule has 0 aliphatic rings. The molecule has 0 spiro atoms. The molecule has 2 aromatic carbocycles. The summed E-state index contributed by atoms with van der Waals surface area (Å²) < 4.78 is 0. The second-order valence-corrected chi connectivity index (χ2v) is 5.97. The number of pyridine rings is 1. The van der Waals surface area contributed by atoms with Gasteiger partial charge in [0.25, 0.3) is 5.56 Å². The van der Waals surface area contributed by atoms with E-state index in [0.717, 1.165) is 16.5 Å². The topological polar surface area (TPSA) is 62.0 Å². The van der Waals surface area contributed by atoms with Crippen molar-refractivity contribution in [2.24, 2.45) is 0 Å². The molecule has 2 N–H and O–H groups in total. The van der Waals surface area contributed by atoms with E-state index in [9.17, 15) is 9.59 Å². The molecule has 0 saturated heterocycles. The van der Waals surface area contributed by atoms with Crippen molar-refractivity contribution in [1.29, 1.82) is 0 Å². The molecule has 0 fully saturated rings. The molecule has 1 heterocycles. The number of H-pyrrole nitrogens is 1. The summed E-state index contributed by atoms with van der Waals surface area (Å²) in [6.07, 6.45) is 1.11. The minimum absolute atomic E-state index is 0.0527. The largest absolute Gasteiger partial charge is 0.352 e. The van der Waals surface area contributed by atoms with Crippen LogP contribution in [0.1, 0.15) is 23.1 Å². The van der Waals surface area contributed by atoms with Crippen molar-refractivity contribution in [2.75, 3.05) is 0 Å². The summed E-state index contributed by atoms with van der Waals surface area (Å²) in [5.74, 6) is -0.0527. The van der Waals surface area contributed by atoms with Crippen LogP contribution in [-0.4, -0.2) is 10.9 Å². The van der Waals surface area contributed by atoms with E-state index in [0.29, 0.717) is 18.4 Å². The Kier molecular flexibility index (Phi) is 4.75. The second-order valence-electron chi connectivity index (χ2n) is 5.97. The predicted octanol–water partition coefficient (Wildman–Crippen LogP) is 3.09. The van der Waals surface area contributed by atoms with Crippen LogP contribution < -0.4 is 10.9 Å². The Hall–Kier alpha value is -2.88. The number of aryl methyl sites for hydroxylation is 2. The first-order valence-corrected chi connectivity index (χ1v) is 8.05. The summed E-state index contributed by atoms with van der Waals surface area (Å²) in [6, 6.07) is 17.6. The molecule has 1 aromatic heterocycles. The highest BCUT2D eigenvalue weighted by molar-refractivity contribution is 5.79. The third-order valence-electron chi connectivity index (χ3n) is 4.07. The van der Waals surface area contributed by atoms with Crippen LogP contribution in [0.25, 0.3) is 10.9 Å². The highest BCUT2D eigenvalue weighted by atomic mass is 16.1. The Morgan fingerprint density at radius 1 is 1.08 bits per heavy atom. The molecule has 4 nitrogen and oxygen atoms in total. The molecular weight excluding hydrogens is 300 g/mol. The maximum atomic E-state index is 12.1. The number of hydrogen-bond acceptors (Lipinski definition) is 2. The summed E-state index contributed by atoms with van der Waals surface area (Å²) in [5.41, 5.74) is 3.56. The smallest absolute Gasteiger partial charge is 0.253 e. The van der Waals surface area contributed by atoms with Crippen LogP contribution in [0.15, 0.2) is 59.4 Å². The van der Waals surface area contributed by atoms with Gasteiger partial charge in [0, 0.05) is 24.0 Å². The monoisotopic (exact) mass is 320 g/mol. The van der Waals surface area contributed by atoms with Crippen molar-refractivity contribution in [1.82, 2.24) is 10.3 Å². The maximum Gasteiger partial charge on any atom is 0.253 e. The number of fused-ring (bicyclic) bond motifs is 1. The van der Waals surface area contributed by atoms with Crippen molar-refractivity contribution in [2.45, 2.75) is 26.3 Å². The normalized spacial score (nSPS) is 10.7. The number of aromatic nitrogens is 1. The van der Waals surface area contributed by atoms with Crippen LogP contribution in [0.2, 0.25) is 0 Å². The second kappa shape index (κ2) is 7.13. The molecule has 0 atom stereocenters. The lowest BCUT2D eigenvalue weighted by Crippen LogP contribution is -2.26. The molecule has 24 heavy (non-hydrogen) atoms. The Bertz CT molecular complexity index is 911. The van der Waals surface area contributed by atoms with Gasteiger partial charge in [0.15, 0.2) is 0 Å². The fraction of sp³-hybridized carbons (Fsp3) is 0.200. The van der Waals surface area contributed by atoms with Gasteiger partial charge in [-0.05, 0) is 36.4 Å². The van der Waals surface area contributed by atoms with Gasteiger partial charge >= 0.3 is 0 Å². The molecule has 0 unspecified atom stereocenters. The van der Waals surface area contributed by atoms with Gasteiger partial charge in [0.2, 0.25) is 5.91 Å². The van der Waals surface area contributed by atoms with Gasteiger partial charge in [0.1, 0.15) is 0 Å². The van der Waals surface area contributed by atoms with Crippen molar-refractivity contribution >= 4 is 16.8 Å². The van der Waals surface area contributed by atoms with Gasteiger partial charge in [-0.25, -0.2) is 0 Å². The SMILES string of the molecule is Cc1ccc(CCC(=O)NCc2cc3ccccc3[nH]c2=O)cc1. The van der Waals surface area contributed by atoms with Crippen LogP contribution in [0, 0.1) is 6.92 Å². The average Bonchev–Trinajstić information content (AvgIpc) is 2.59. The Labute approximate surface area is 140 Å². The van der Waals surface area contributed by atoms with Crippen molar-refractivity contribution in [3.8, 4) is 0 Å². The molecule has 0 radical (unpaired) electrons. The minimum Gasteiger partial charge on any atom is -0.352 e. The minimum atomic E-state index is -0.160. The van der Waals surface area contributed by atoms with E-state index in [2.05, 4.69) is 10.3 Å². The van der Waals surface area contributed by atoms with Gasteiger partial charge in [-0.1, -0.05) is 48.0 Å². The first-order valence-electron chi connectivity index (χ1n) is 8.05. The van der Waals surface area contributed by atoms with E-state index in [-0.39, 0.29) is 18.0 Å². The van der Waals surface area contributed by atoms with Crippen LogP contribution in [-0.2, 0) is 17.8 Å². The lowest BCUT2D eigenvalue weighted by atomic mass is 10.1. The molecule has 0 saturated carbocycles. The fourth-order valence-electron chi connectivity index (χ4n) is 2.62. The van der Waals surface area contributed by atoms with E-state index < -0.39 is 0 Å².